The van der Waals surface area contributed by atoms with Gasteiger partial charge in [-0.3, -0.25) is 0 Å². The first-order valence-corrected chi connectivity index (χ1v) is 10.9. The molecule has 0 radical (unpaired) electrons. The lowest BCUT2D eigenvalue weighted by Crippen LogP contribution is -2.33. The van der Waals surface area contributed by atoms with Crippen molar-refractivity contribution in [2.45, 2.75) is 29.6 Å². The molecule has 1 atom stereocenters. The number of sulfonamides is 2. The Morgan fingerprint density at radius 1 is 1.20 bits per heavy atom. The highest BCUT2D eigenvalue weighted by Gasteiger charge is 2.44. The molecule has 0 aromatic heterocycles. The van der Waals surface area contributed by atoms with Crippen molar-refractivity contribution in [3.8, 4) is 0 Å². The van der Waals surface area contributed by atoms with Crippen LogP contribution < -0.4 is 10.0 Å². The van der Waals surface area contributed by atoms with E-state index in [0.717, 1.165) is 25.9 Å². The van der Waals surface area contributed by atoms with Crippen LogP contribution >= 0.6 is 12.4 Å². The van der Waals surface area contributed by atoms with Crippen molar-refractivity contribution in [2.24, 2.45) is 5.41 Å². The Morgan fingerprint density at radius 2 is 1.92 bits per heavy atom. The van der Waals surface area contributed by atoms with Crippen LogP contribution in [0.25, 0.3) is 0 Å². The summed E-state index contributed by atoms with van der Waals surface area (Å²) in [6.45, 7) is 4.44. The Kier molecular flexibility index (Phi) is 5.87. The minimum atomic E-state index is -3.60. The Labute approximate surface area is 155 Å². The number of nitrogens with zero attached hydrogens (tertiary/aromatic N) is 1. The summed E-state index contributed by atoms with van der Waals surface area (Å²) in [6, 6.07) is 4.18. The first-order valence-electron chi connectivity index (χ1n) is 7.95. The third-order valence-electron chi connectivity index (χ3n) is 5.08. The van der Waals surface area contributed by atoms with Gasteiger partial charge in [0, 0.05) is 19.6 Å². The molecule has 2 fully saturated rings. The van der Waals surface area contributed by atoms with E-state index in [0.29, 0.717) is 18.7 Å². The zero-order valence-electron chi connectivity index (χ0n) is 14.3. The number of rotatable bonds is 4. The molecule has 0 bridgehead atoms. The van der Waals surface area contributed by atoms with Crippen molar-refractivity contribution in [2.75, 3.05) is 33.2 Å². The molecule has 3 rings (SSSR count). The number of nitrogens with one attached hydrogen (secondary N) is 2. The van der Waals surface area contributed by atoms with Gasteiger partial charge in [-0.05, 0) is 62.5 Å². The van der Waals surface area contributed by atoms with Gasteiger partial charge < -0.3 is 5.32 Å². The quantitative estimate of drug-likeness (QED) is 0.763. The second-order valence-electron chi connectivity index (χ2n) is 6.65. The van der Waals surface area contributed by atoms with Crippen LogP contribution in [0.2, 0.25) is 0 Å². The van der Waals surface area contributed by atoms with Gasteiger partial charge in [-0.1, -0.05) is 0 Å². The molecule has 0 saturated carbocycles. The molecule has 0 aliphatic carbocycles. The average Bonchev–Trinajstić information content (AvgIpc) is 3.18. The first-order chi connectivity index (χ1) is 11.2. The zero-order valence-corrected chi connectivity index (χ0v) is 16.7. The van der Waals surface area contributed by atoms with E-state index in [1.807, 2.05) is 0 Å². The van der Waals surface area contributed by atoms with Gasteiger partial charge in [-0.2, -0.15) is 4.31 Å². The van der Waals surface area contributed by atoms with Crippen molar-refractivity contribution in [3.63, 3.8) is 0 Å². The molecule has 142 valence electrons. The van der Waals surface area contributed by atoms with Crippen LogP contribution in [0.4, 0.5) is 0 Å². The molecular formula is C15H24ClN3O4S2. The zero-order chi connectivity index (χ0) is 17.6. The third-order valence-corrected chi connectivity index (χ3v) is 8.49. The summed E-state index contributed by atoms with van der Waals surface area (Å²) in [5.74, 6) is 0. The van der Waals surface area contributed by atoms with Gasteiger partial charge in [-0.15, -0.1) is 12.4 Å². The molecule has 10 heteroatoms. The number of benzene rings is 1. The summed E-state index contributed by atoms with van der Waals surface area (Å²) in [5, 5.41) is 3.31. The molecule has 25 heavy (non-hydrogen) atoms. The van der Waals surface area contributed by atoms with Crippen LogP contribution in [-0.4, -0.2) is 54.4 Å². The van der Waals surface area contributed by atoms with Crippen molar-refractivity contribution in [3.05, 3.63) is 23.8 Å². The smallest absolute Gasteiger partial charge is 0.243 e. The first kappa shape index (κ1) is 20.6. The van der Waals surface area contributed by atoms with Gasteiger partial charge in [0.1, 0.15) is 0 Å². The monoisotopic (exact) mass is 409 g/mol. The molecule has 2 N–H and O–H groups in total. The maximum Gasteiger partial charge on any atom is 0.243 e. The summed E-state index contributed by atoms with van der Waals surface area (Å²) in [5.41, 5.74) is 0.471. The topological polar surface area (TPSA) is 95.6 Å². The van der Waals surface area contributed by atoms with Crippen LogP contribution in [-0.2, 0) is 20.0 Å². The number of halogens is 1. The third kappa shape index (κ3) is 3.72. The minimum Gasteiger partial charge on any atom is -0.316 e. The highest BCUT2D eigenvalue weighted by molar-refractivity contribution is 7.89. The van der Waals surface area contributed by atoms with E-state index in [-0.39, 0.29) is 27.6 Å². The van der Waals surface area contributed by atoms with Crippen molar-refractivity contribution in [1.82, 2.24) is 14.3 Å². The molecule has 2 saturated heterocycles. The van der Waals surface area contributed by atoms with Crippen LogP contribution in [0.15, 0.2) is 28.0 Å². The van der Waals surface area contributed by atoms with Crippen LogP contribution in [0, 0.1) is 12.3 Å². The summed E-state index contributed by atoms with van der Waals surface area (Å²) < 4.78 is 53.4. The Balaban J connectivity index is 0.00000225. The molecule has 2 aliphatic heterocycles. The number of hydrogen-bond acceptors (Lipinski definition) is 5. The lowest BCUT2D eigenvalue weighted by Gasteiger charge is -2.22. The summed E-state index contributed by atoms with van der Waals surface area (Å²) in [7, 11) is -5.87. The fraction of sp³-hybridized carbons (Fsp3) is 0.600. The van der Waals surface area contributed by atoms with Crippen LogP contribution in [0.3, 0.4) is 0 Å². The van der Waals surface area contributed by atoms with Gasteiger partial charge in [0.05, 0.1) is 9.79 Å². The van der Waals surface area contributed by atoms with E-state index in [9.17, 15) is 16.8 Å². The van der Waals surface area contributed by atoms with Crippen LogP contribution in [0.5, 0.6) is 0 Å². The van der Waals surface area contributed by atoms with Gasteiger partial charge in [-0.25, -0.2) is 21.6 Å². The minimum absolute atomic E-state index is 0. The second-order valence-corrected chi connectivity index (χ2v) is 10.4. The Hall–Kier alpha value is -0.710. The Bertz CT molecular complexity index is 850. The second kappa shape index (κ2) is 7.13. The highest BCUT2D eigenvalue weighted by atomic mass is 35.5. The average molecular weight is 410 g/mol. The standard InChI is InChI=1S/C15H23N3O4S2.ClH/c1-12-9-13(3-4-14(12)23(19,20)16-2)24(21,22)18-8-6-15(11-18)5-7-17-10-15;/h3-4,9,16-17H,5-8,10-11H2,1-2H3;1H. The van der Waals surface area contributed by atoms with E-state index in [1.165, 1.54) is 29.6 Å². The maximum atomic E-state index is 12.9. The normalized spacial score (nSPS) is 24.6. The lowest BCUT2D eigenvalue weighted by atomic mass is 9.87. The summed E-state index contributed by atoms with van der Waals surface area (Å²) >= 11 is 0. The number of hydrogen-bond donors (Lipinski definition) is 2. The molecular weight excluding hydrogens is 386 g/mol. The molecule has 2 aliphatic rings. The van der Waals surface area contributed by atoms with E-state index in [2.05, 4.69) is 10.0 Å². The molecule has 1 unspecified atom stereocenters. The predicted molar refractivity (Wildman–Crippen MR) is 98.0 cm³/mol. The van der Waals surface area contributed by atoms with Crippen LogP contribution in [0.1, 0.15) is 18.4 Å². The summed E-state index contributed by atoms with van der Waals surface area (Å²) in [4.78, 5) is 0.250. The molecule has 2 heterocycles. The maximum absolute atomic E-state index is 12.9. The predicted octanol–water partition coefficient (Wildman–Crippen LogP) is 0.699. The van der Waals surface area contributed by atoms with Gasteiger partial charge >= 0.3 is 0 Å². The van der Waals surface area contributed by atoms with Gasteiger partial charge in [0.2, 0.25) is 20.0 Å². The molecule has 1 aromatic rings. The van der Waals surface area contributed by atoms with Crippen molar-refractivity contribution < 1.29 is 16.8 Å². The molecule has 1 aromatic carbocycles. The Morgan fingerprint density at radius 3 is 2.48 bits per heavy atom. The molecule has 7 nitrogen and oxygen atoms in total. The largest absolute Gasteiger partial charge is 0.316 e. The number of aryl methyl sites for hydroxylation is 1. The highest BCUT2D eigenvalue weighted by Crippen LogP contribution is 2.38. The fourth-order valence-corrected chi connectivity index (χ4v) is 6.18. The van der Waals surface area contributed by atoms with E-state index < -0.39 is 20.0 Å². The van der Waals surface area contributed by atoms with E-state index >= 15 is 0 Å². The molecule has 0 amide bonds. The van der Waals surface area contributed by atoms with Gasteiger partial charge in [0.25, 0.3) is 0 Å². The lowest BCUT2D eigenvalue weighted by molar-refractivity contribution is 0.338. The van der Waals surface area contributed by atoms with E-state index in [1.54, 1.807) is 6.92 Å². The molecule has 1 spiro atoms. The fourth-order valence-electron chi connectivity index (χ4n) is 3.59. The van der Waals surface area contributed by atoms with Gasteiger partial charge in [0.15, 0.2) is 0 Å². The SMILES string of the molecule is CNS(=O)(=O)c1ccc(S(=O)(=O)N2CCC3(CCNC3)C2)cc1C.Cl. The summed E-state index contributed by atoms with van der Waals surface area (Å²) in [6.07, 6.45) is 1.86. The van der Waals surface area contributed by atoms with Crippen molar-refractivity contribution in [1.29, 1.82) is 0 Å². The van der Waals surface area contributed by atoms with Crippen molar-refractivity contribution >= 4 is 32.5 Å². The van der Waals surface area contributed by atoms with E-state index in [4.69, 9.17) is 0 Å².